The zero-order valence-corrected chi connectivity index (χ0v) is 24.4. The van der Waals surface area contributed by atoms with Gasteiger partial charge in [-0.25, -0.2) is 14.3 Å². The van der Waals surface area contributed by atoms with Gasteiger partial charge in [0.1, 0.15) is 17.6 Å². The maximum atomic E-state index is 12.7. The summed E-state index contributed by atoms with van der Waals surface area (Å²) in [6.45, 7) is 13.6. The van der Waals surface area contributed by atoms with Gasteiger partial charge in [-0.05, 0) is 58.7 Å². The van der Waals surface area contributed by atoms with Gasteiger partial charge >= 0.3 is 6.09 Å². The maximum Gasteiger partial charge on any atom is 0.407 e. The van der Waals surface area contributed by atoms with Gasteiger partial charge in [0.15, 0.2) is 0 Å². The van der Waals surface area contributed by atoms with E-state index in [1.165, 1.54) is 0 Å². The van der Waals surface area contributed by atoms with Gasteiger partial charge in [0.2, 0.25) is 0 Å². The van der Waals surface area contributed by atoms with Crippen molar-refractivity contribution in [1.29, 1.82) is 5.26 Å². The number of nitrogens with zero attached hydrogens (tertiary/aromatic N) is 6. The number of pyridine rings is 2. The van der Waals surface area contributed by atoms with Crippen molar-refractivity contribution in [2.24, 2.45) is 0 Å². The Balaban J connectivity index is 1.33. The molecule has 0 aromatic carbocycles. The van der Waals surface area contributed by atoms with Crippen LogP contribution in [0.5, 0.6) is 5.75 Å². The second-order valence-corrected chi connectivity index (χ2v) is 11.3. The summed E-state index contributed by atoms with van der Waals surface area (Å²) in [6, 6.07) is 8.65. The standard InChI is InChI=1S/C30H40N8O3/c1-5-40-25-14-26(28-24(15-31)17-34-38(28)19-25)23-6-7-27(33-16-23)37-11-8-30(9-12-37,35-29(39)41-21(2)3)20-36-13-10-32-22(4)18-36/h6-7,14,16-17,19,21-22,32H,5,8-13,18,20H2,1-4H3,(H,35,39). The second kappa shape index (κ2) is 12.3. The van der Waals surface area contributed by atoms with Crippen molar-refractivity contribution < 1.29 is 14.3 Å². The van der Waals surface area contributed by atoms with Crippen LogP contribution >= 0.6 is 0 Å². The number of carbonyl (C=O) groups excluding carboxylic acids is 1. The zero-order chi connectivity index (χ0) is 29.0. The molecule has 218 valence electrons. The predicted octanol–water partition coefficient (Wildman–Crippen LogP) is 3.43. The highest BCUT2D eigenvalue weighted by molar-refractivity contribution is 5.85. The van der Waals surface area contributed by atoms with Crippen molar-refractivity contribution in [3.63, 3.8) is 0 Å². The van der Waals surface area contributed by atoms with E-state index in [1.54, 1.807) is 16.9 Å². The summed E-state index contributed by atoms with van der Waals surface area (Å²) >= 11 is 0. The number of nitriles is 1. The molecule has 2 saturated heterocycles. The molecular weight excluding hydrogens is 520 g/mol. The first-order valence-corrected chi connectivity index (χ1v) is 14.5. The summed E-state index contributed by atoms with van der Waals surface area (Å²) in [7, 11) is 0. The average molecular weight is 561 g/mol. The number of aromatic nitrogens is 3. The Hall–Kier alpha value is -3.88. The largest absolute Gasteiger partial charge is 0.492 e. The third-order valence-corrected chi connectivity index (χ3v) is 7.81. The van der Waals surface area contributed by atoms with Gasteiger partial charge in [0, 0.05) is 62.6 Å². The predicted molar refractivity (Wildman–Crippen MR) is 157 cm³/mol. The normalized spacial score (nSPS) is 19.2. The third kappa shape index (κ3) is 6.55. The van der Waals surface area contributed by atoms with Crippen molar-refractivity contribution in [1.82, 2.24) is 30.1 Å². The van der Waals surface area contributed by atoms with Crippen LogP contribution in [-0.2, 0) is 4.74 Å². The van der Waals surface area contributed by atoms with E-state index in [9.17, 15) is 10.1 Å². The number of alkyl carbamates (subject to hydrolysis) is 1. The minimum absolute atomic E-state index is 0.170. The highest BCUT2D eigenvalue weighted by atomic mass is 16.6. The summed E-state index contributed by atoms with van der Waals surface area (Å²) in [6.07, 6.45) is 6.27. The monoisotopic (exact) mass is 560 g/mol. The molecule has 0 spiro atoms. The minimum Gasteiger partial charge on any atom is -0.492 e. The lowest BCUT2D eigenvalue weighted by atomic mass is 9.86. The van der Waals surface area contributed by atoms with E-state index in [0.717, 1.165) is 74.6 Å². The van der Waals surface area contributed by atoms with Crippen molar-refractivity contribution in [2.75, 3.05) is 50.8 Å². The Kier molecular flexibility index (Phi) is 8.61. The highest BCUT2D eigenvalue weighted by Crippen LogP contribution is 2.32. The van der Waals surface area contributed by atoms with Crippen molar-refractivity contribution in [3.8, 4) is 22.9 Å². The smallest absolute Gasteiger partial charge is 0.407 e. The van der Waals surface area contributed by atoms with Crippen LogP contribution in [0.15, 0.2) is 36.8 Å². The summed E-state index contributed by atoms with van der Waals surface area (Å²) in [5.41, 5.74) is 2.60. The molecule has 5 rings (SSSR count). The Morgan fingerprint density at radius 3 is 2.73 bits per heavy atom. The fourth-order valence-corrected chi connectivity index (χ4v) is 5.91. The Morgan fingerprint density at radius 1 is 1.27 bits per heavy atom. The topological polar surface area (TPSA) is 120 Å². The van der Waals surface area contributed by atoms with E-state index in [4.69, 9.17) is 14.5 Å². The molecule has 5 heterocycles. The van der Waals surface area contributed by atoms with Crippen LogP contribution in [0.25, 0.3) is 16.6 Å². The summed E-state index contributed by atoms with van der Waals surface area (Å²) in [4.78, 5) is 22.2. The Bertz CT molecular complexity index is 1390. The molecule has 0 saturated carbocycles. The maximum absolute atomic E-state index is 12.7. The van der Waals surface area contributed by atoms with Crippen LogP contribution in [0.1, 0.15) is 46.1 Å². The molecule has 3 aromatic heterocycles. The van der Waals surface area contributed by atoms with Gasteiger partial charge in [0.05, 0.1) is 41.7 Å². The Morgan fingerprint density at radius 2 is 2.07 bits per heavy atom. The lowest BCUT2D eigenvalue weighted by Gasteiger charge is -2.46. The molecule has 2 aliphatic heterocycles. The number of piperidine rings is 1. The molecule has 2 fully saturated rings. The summed E-state index contributed by atoms with van der Waals surface area (Å²) in [5.74, 6) is 1.57. The van der Waals surface area contributed by atoms with Gasteiger partial charge in [-0.3, -0.25) is 4.90 Å². The molecule has 2 aliphatic rings. The SMILES string of the molecule is CCOc1cc(-c2ccc(N3CCC(CN4CCNC(C)C4)(NC(=O)OC(C)C)CC3)nc2)c2c(C#N)cnn2c1. The number of amides is 1. The average Bonchev–Trinajstić information content (AvgIpc) is 3.36. The molecule has 11 nitrogen and oxygen atoms in total. The zero-order valence-electron chi connectivity index (χ0n) is 24.4. The molecule has 0 radical (unpaired) electrons. The van der Waals surface area contributed by atoms with Crippen LogP contribution in [-0.4, -0.2) is 89.2 Å². The first-order chi connectivity index (χ1) is 19.8. The van der Waals surface area contributed by atoms with E-state index >= 15 is 0 Å². The number of carbonyl (C=O) groups is 1. The number of ether oxygens (including phenoxy) is 2. The quantitative estimate of drug-likeness (QED) is 0.427. The van der Waals surface area contributed by atoms with E-state index in [2.05, 4.69) is 38.5 Å². The lowest BCUT2D eigenvalue weighted by Crippen LogP contribution is -2.63. The molecule has 0 bridgehead atoms. The molecule has 0 aliphatic carbocycles. The van der Waals surface area contributed by atoms with Gasteiger partial charge in [-0.15, -0.1) is 0 Å². The highest BCUT2D eigenvalue weighted by Gasteiger charge is 2.39. The second-order valence-electron chi connectivity index (χ2n) is 11.3. The molecule has 1 atom stereocenters. The first-order valence-electron chi connectivity index (χ1n) is 14.5. The molecule has 41 heavy (non-hydrogen) atoms. The van der Waals surface area contributed by atoms with Gasteiger partial charge in [-0.1, -0.05) is 0 Å². The number of nitrogens with one attached hydrogen (secondary N) is 2. The van der Waals surface area contributed by atoms with E-state index in [1.807, 2.05) is 45.2 Å². The van der Waals surface area contributed by atoms with Crippen LogP contribution in [0, 0.1) is 11.3 Å². The molecular formula is C30H40N8O3. The van der Waals surface area contributed by atoms with Crippen molar-refractivity contribution in [2.45, 2.75) is 58.2 Å². The number of anilines is 1. The van der Waals surface area contributed by atoms with E-state index in [-0.39, 0.29) is 17.7 Å². The van der Waals surface area contributed by atoms with Gasteiger partial charge < -0.3 is 25.0 Å². The number of hydrogen-bond acceptors (Lipinski definition) is 9. The van der Waals surface area contributed by atoms with E-state index < -0.39 is 0 Å². The number of rotatable bonds is 8. The van der Waals surface area contributed by atoms with Crippen molar-refractivity contribution in [3.05, 3.63) is 42.4 Å². The van der Waals surface area contributed by atoms with Gasteiger partial charge in [-0.2, -0.15) is 10.4 Å². The minimum atomic E-state index is -0.361. The molecule has 1 unspecified atom stereocenters. The fraction of sp³-hybridized carbons (Fsp3) is 0.533. The fourth-order valence-electron chi connectivity index (χ4n) is 5.91. The third-order valence-electron chi connectivity index (χ3n) is 7.81. The Labute approximate surface area is 241 Å². The lowest BCUT2D eigenvalue weighted by molar-refractivity contribution is 0.0832. The van der Waals surface area contributed by atoms with E-state index in [0.29, 0.717) is 24.0 Å². The first kappa shape index (κ1) is 28.6. The van der Waals surface area contributed by atoms with Crippen LogP contribution in [0.2, 0.25) is 0 Å². The molecule has 11 heteroatoms. The molecule has 3 aromatic rings. The van der Waals surface area contributed by atoms with Crippen LogP contribution in [0.3, 0.4) is 0 Å². The van der Waals surface area contributed by atoms with Crippen LogP contribution in [0.4, 0.5) is 10.6 Å². The van der Waals surface area contributed by atoms with Gasteiger partial charge in [0.25, 0.3) is 0 Å². The van der Waals surface area contributed by atoms with Crippen LogP contribution < -0.4 is 20.3 Å². The number of piperazine rings is 1. The molecule has 1 amide bonds. The summed E-state index contributed by atoms with van der Waals surface area (Å²) < 4.78 is 12.9. The number of hydrogen-bond donors (Lipinski definition) is 2. The summed E-state index contributed by atoms with van der Waals surface area (Å²) in [5, 5.41) is 20.7. The number of fused-ring (bicyclic) bond motifs is 1. The molecule has 2 N–H and O–H groups in total. The van der Waals surface area contributed by atoms with Crippen molar-refractivity contribution >= 4 is 17.4 Å².